The summed E-state index contributed by atoms with van der Waals surface area (Å²) in [5.74, 6) is -0.0429. The van der Waals surface area contributed by atoms with E-state index in [1.165, 1.54) is 0 Å². The molecule has 2 heteroatoms. The Morgan fingerprint density at radius 3 is 2.43 bits per heavy atom. The van der Waals surface area contributed by atoms with E-state index in [1.807, 2.05) is 44.2 Å². The molecule has 74 valence electrons. The molecule has 0 bridgehead atoms. The third-order valence-electron chi connectivity index (χ3n) is 2.13. The average Bonchev–Trinajstić information content (AvgIpc) is 2.19. The van der Waals surface area contributed by atoms with Gasteiger partial charge in [-0.1, -0.05) is 24.3 Å². The number of carbonyl (C=O) groups excluding carboxylic acids is 1. The van der Waals surface area contributed by atoms with Gasteiger partial charge in [0.25, 0.3) is 0 Å². The van der Waals surface area contributed by atoms with Crippen molar-refractivity contribution >= 4 is 11.6 Å². The van der Waals surface area contributed by atoms with Crippen LogP contribution in [0.2, 0.25) is 0 Å². The lowest BCUT2D eigenvalue weighted by molar-refractivity contribution is -0.121. The van der Waals surface area contributed by atoms with E-state index >= 15 is 0 Å². The second kappa shape index (κ2) is 4.09. The van der Waals surface area contributed by atoms with Crippen molar-refractivity contribution in [3.05, 3.63) is 43.0 Å². The van der Waals surface area contributed by atoms with Crippen molar-refractivity contribution in [3.8, 4) is 0 Å². The Morgan fingerprint density at radius 1 is 1.36 bits per heavy atom. The van der Waals surface area contributed by atoms with Gasteiger partial charge in [-0.3, -0.25) is 4.79 Å². The molecule has 0 unspecified atom stereocenters. The average molecular weight is 189 g/mol. The largest absolute Gasteiger partial charge is 0.325 e. The number of nitrogens with one attached hydrogen (secondary N) is 1. The first-order chi connectivity index (χ1) is 6.56. The Balaban J connectivity index is 2.72. The summed E-state index contributed by atoms with van der Waals surface area (Å²) in [5, 5.41) is 2.82. The van der Waals surface area contributed by atoms with Gasteiger partial charge in [0.2, 0.25) is 5.91 Å². The van der Waals surface area contributed by atoms with Gasteiger partial charge in [0, 0.05) is 5.69 Å². The van der Waals surface area contributed by atoms with Crippen LogP contribution in [-0.4, -0.2) is 5.91 Å². The van der Waals surface area contributed by atoms with E-state index in [-0.39, 0.29) is 5.91 Å². The van der Waals surface area contributed by atoms with Crippen LogP contribution in [0, 0.1) is 5.41 Å². The van der Waals surface area contributed by atoms with Gasteiger partial charge in [0.1, 0.15) is 0 Å². The van der Waals surface area contributed by atoms with Gasteiger partial charge >= 0.3 is 0 Å². The maximum atomic E-state index is 11.7. The molecule has 0 fully saturated rings. The van der Waals surface area contributed by atoms with E-state index in [9.17, 15) is 4.79 Å². The normalized spacial score (nSPS) is 10.7. The van der Waals surface area contributed by atoms with E-state index in [1.54, 1.807) is 6.08 Å². The molecule has 0 radical (unpaired) electrons. The van der Waals surface area contributed by atoms with Gasteiger partial charge in [-0.05, 0) is 26.0 Å². The topological polar surface area (TPSA) is 29.1 Å². The summed E-state index contributed by atoms with van der Waals surface area (Å²) in [4.78, 5) is 11.7. The van der Waals surface area contributed by atoms with E-state index in [0.29, 0.717) is 0 Å². The molecule has 1 aromatic rings. The molecule has 0 atom stereocenters. The van der Waals surface area contributed by atoms with E-state index in [2.05, 4.69) is 11.9 Å². The lowest BCUT2D eigenvalue weighted by Crippen LogP contribution is -2.28. The van der Waals surface area contributed by atoms with Crippen LogP contribution in [0.1, 0.15) is 13.8 Å². The van der Waals surface area contributed by atoms with Crippen molar-refractivity contribution in [1.82, 2.24) is 0 Å². The van der Waals surface area contributed by atoms with Gasteiger partial charge in [0.15, 0.2) is 0 Å². The van der Waals surface area contributed by atoms with Gasteiger partial charge in [-0.15, -0.1) is 6.58 Å². The fraction of sp³-hybridized carbons (Fsp3) is 0.250. The first-order valence-corrected chi connectivity index (χ1v) is 4.56. The van der Waals surface area contributed by atoms with Gasteiger partial charge in [-0.2, -0.15) is 0 Å². The van der Waals surface area contributed by atoms with E-state index in [4.69, 9.17) is 0 Å². The molecule has 0 aliphatic heterocycles. The van der Waals surface area contributed by atoms with Gasteiger partial charge in [-0.25, -0.2) is 0 Å². The van der Waals surface area contributed by atoms with Crippen LogP contribution >= 0.6 is 0 Å². The molecular weight excluding hydrogens is 174 g/mol. The maximum absolute atomic E-state index is 11.7. The summed E-state index contributed by atoms with van der Waals surface area (Å²) in [6, 6.07) is 9.40. The van der Waals surface area contributed by atoms with Crippen LogP contribution in [0.15, 0.2) is 43.0 Å². The predicted octanol–water partition coefficient (Wildman–Crippen LogP) is 2.84. The highest BCUT2D eigenvalue weighted by atomic mass is 16.2. The van der Waals surface area contributed by atoms with Crippen LogP contribution in [-0.2, 0) is 4.79 Å². The summed E-state index contributed by atoms with van der Waals surface area (Å²) in [6.07, 6.45) is 1.64. The first-order valence-electron chi connectivity index (χ1n) is 4.56. The zero-order valence-corrected chi connectivity index (χ0v) is 8.58. The van der Waals surface area contributed by atoms with Crippen molar-refractivity contribution in [2.45, 2.75) is 13.8 Å². The lowest BCUT2D eigenvalue weighted by atomic mass is 9.93. The van der Waals surface area contributed by atoms with Crippen LogP contribution in [0.4, 0.5) is 5.69 Å². The zero-order chi connectivity index (χ0) is 10.6. The third-order valence-corrected chi connectivity index (χ3v) is 2.13. The number of hydrogen-bond donors (Lipinski definition) is 1. The smallest absolute Gasteiger partial charge is 0.233 e. The number of para-hydroxylation sites is 1. The van der Waals surface area contributed by atoms with Crippen molar-refractivity contribution < 1.29 is 4.79 Å². The number of anilines is 1. The van der Waals surface area contributed by atoms with Crippen molar-refractivity contribution in [1.29, 1.82) is 0 Å². The Morgan fingerprint density at radius 2 is 1.93 bits per heavy atom. The highest BCUT2D eigenvalue weighted by Crippen LogP contribution is 2.19. The molecule has 1 aromatic carbocycles. The Bertz CT molecular complexity index is 327. The summed E-state index contributed by atoms with van der Waals surface area (Å²) in [5.41, 5.74) is 0.281. The summed E-state index contributed by atoms with van der Waals surface area (Å²) >= 11 is 0. The summed E-state index contributed by atoms with van der Waals surface area (Å²) in [7, 11) is 0. The zero-order valence-electron chi connectivity index (χ0n) is 8.58. The molecule has 0 aromatic heterocycles. The number of rotatable bonds is 3. The molecule has 0 heterocycles. The standard InChI is InChI=1S/C12H15NO/c1-4-12(2,3)11(14)13-10-8-6-5-7-9-10/h4-9H,1H2,2-3H3,(H,13,14). The highest BCUT2D eigenvalue weighted by Gasteiger charge is 2.23. The van der Waals surface area contributed by atoms with Crippen LogP contribution < -0.4 is 5.32 Å². The molecule has 0 saturated heterocycles. The summed E-state index contributed by atoms with van der Waals surface area (Å²) < 4.78 is 0. The van der Waals surface area contributed by atoms with Gasteiger partial charge in [0.05, 0.1) is 5.41 Å². The molecule has 14 heavy (non-hydrogen) atoms. The Hall–Kier alpha value is -1.57. The third kappa shape index (κ3) is 2.46. The van der Waals surface area contributed by atoms with Gasteiger partial charge < -0.3 is 5.32 Å². The Kier molecular flexibility index (Phi) is 3.07. The molecule has 0 saturated carbocycles. The quantitative estimate of drug-likeness (QED) is 0.728. The fourth-order valence-corrected chi connectivity index (χ4v) is 0.906. The SMILES string of the molecule is C=CC(C)(C)C(=O)Nc1ccccc1. The molecule has 0 aliphatic rings. The Labute approximate surface area is 84.6 Å². The van der Waals surface area contributed by atoms with Crippen LogP contribution in [0.25, 0.3) is 0 Å². The molecule has 2 nitrogen and oxygen atoms in total. The first kappa shape index (κ1) is 10.5. The second-order valence-electron chi connectivity index (χ2n) is 3.75. The maximum Gasteiger partial charge on any atom is 0.233 e. The molecule has 0 aliphatic carbocycles. The minimum atomic E-state index is -0.532. The molecule has 1 N–H and O–H groups in total. The number of amides is 1. The minimum absolute atomic E-state index is 0.0429. The molecule has 1 amide bonds. The van der Waals surface area contributed by atoms with Crippen LogP contribution in [0.3, 0.4) is 0 Å². The van der Waals surface area contributed by atoms with Crippen molar-refractivity contribution in [3.63, 3.8) is 0 Å². The second-order valence-corrected chi connectivity index (χ2v) is 3.75. The number of benzene rings is 1. The number of carbonyl (C=O) groups is 1. The highest BCUT2D eigenvalue weighted by molar-refractivity contribution is 5.95. The number of hydrogen-bond acceptors (Lipinski definition) is 1. The van der Waals surface area contributed by atoms with E-state index < -0.39 is 5.41 Å². The van der Waals surface area contributed by atoms with Crippen LogP contribution in [0.5, 0.6) is 0 Å². The fourth-order valence-electron chi connectivity index (χ4n) is 0.906. The molecule has 0 spiro atoms. The monoisotopic (exact) mass is 189 g/mol. The minimum Gasteiger partial charge on any atom is -0.325 e. The molecule has 1 rings (SSSR count). The van der Waals surface area contributed by atoms with Crippen molar-refractivity contribution in [2.75, 3.05) is 5.32 Å². The molecular formula is C12H15NO. The lowest BCUT2D eigenvalue weighted by Gasteiger charge is -2.18. The van der Waals surface area contributed by atoms with E-state index in [0.717, 1.165) is 5.69 Å². The summed E-state index contributed by atoms with van der Waals surface area (Å²) in [6.45, 7) is 7.30. The predicted molar refractivity (Wildman–Crippen MR) is 59.0 cm³/mol. The van der Waals surface area contributed by atoms with Crippen molar-refractivity contribution in [2.24, 2.45) is 5.41 Å².